The predicted octanol–water partition coefficient (Wildman–Crippen LogP) is 2.25. The Labute approximate surface area is 144 Å². The van der Waals surface area contributed by atoms with E-state index in [0.717, 1.165) is 12.3 Å². The van der Waals surface area contributed by atoms with Crippen LogP contribution < -0.4 is 5.43 Å². The lowest BCUT2D eigenvalue weighted by Gasteiger charge is -2.08. The highest BCUT2D eigenvalue weighted by Gasteiger charge is 2.18. The van der Waals surface area contributed by atoms with E-state index in [4.69, 9.17) is 0 Å². The molecule has 0 aliphatic heterocycles. The van der Waals surface area contributed by atoms with Gasteiger partial charge in [0.15, 0.2) is 6.10 Å². The zero-order chi connectivity index (χ0) is 17.7. The van der Waals surface area contributed by atoms with Crippen molar-refractivity contribution in [3.8, 4) is 5.75 Å². The van der Waals surface area contributed by atoms with Crippen LogP contribution in [0.25, 0.3) is 0 Å². The van der Waals surface area contributed by atoms with Crippen LogP contribution in [0.1, 0.15) is 17.2 Å². The first-order chi connectivity index (χ1) is 11.4. The largest absolute Gasteiger partial charge is 0.502 e. The van der Waals surface area contributed by atoms with Gasteiger partial charge in [0.2, 0.25) is 5.75 Å². The van der Waals surface area contributed by atoms with E-state index in [0.29, 0.717) is 10.0 Å². The number of carbonyl (C=O) groups is 1. The number of nitrogens with one attached hydrogen (secondary N) is 1. The molecule has 2 aromatic carbocycles. The Morgan fingerprint density at radius 3 is 2.62 bits per heavy atom. The molecule has 2 aromatic rings. The van der Waals surface area contributed by atoms with Gasteiger partial charge >= 0.3 is 5.69 Å². The highest BCUT2D eigenvalue weighted by Crippen LogP contribution is 2.32. The Hall–Kier alpha value is -2.78. The second kappa shape index (κ2) is 7.66. The van der Waals surface area contributed by atoms with E-state index >= 15 is 0 Å². The normalized spacial score (nSPS) is 12.1. The number of hydrogen-bond acceptors (Lipinski definition) is 6. The number of carbonyl (C=O) groups excluding carboxylic acids is 1. The third kappa shape index (κ3) is 4.15. The summed E-state index contributed by atoms with van der Waals surface area (Å²) in [6.07, 6.45) is -0.364. The smallest absolute Gasteiger partial charge is 0.312 e. The number of halogens is 1. The maximum atomic E-state index is 11.8. The molecule has 24 heavy (non-hydrogen) atoms. The van der Waals surface area contributed by atoms with Crippen molar-refractivity contribution >= 4 is 33.7 Å². The van der Waals surface area contributed by atoms with Crippen molar-refractivity contribution in [1.29, 1.82) is 0 Å². The van der Waals surface area contributed by atoms with Crippen molar-refractivity contribution < 1.29 is 19.9 Å². The fourth-order valence-corrected chi connectivity index (χ4v) is 2.32. The number of hydrazone groups is 1. The Kier molecular flexibility index (Phi) is 5.61. The Bertz CT molecular complexity index is 795. The van der Waals surface area contributed by atoms with E-state index in [1.54, 1.807) is 30.3 Å². The van der Waals surface area contributed by atoms with Gasteiger partial charge in [0.1, 0.15) is 0 Å². The molecule has 2 rings (SSSR count). The minimum Gasteiger partial charge on any atom is -0.502 e. The van der Waals surface area contributed by atoms with Gasteiger partial charge in [-0.15, -0.1) is 0 Å². The van der Waals surface area contributed by atoms with Gasteiger partial charge < -0.3 is 10.2 Å². The average Bonchev–Trinajstić information content (AvgIpc) is 2.57. The fourth-order valence-electron chi connectivity index (χ4n) is 1.86. The lowest BCUT2D eigenvalue weighted by Crippen LogP contribution is -2.25. The number of nitrogens with zero attached hydrogens (tertiary/aromatic N) is 2. The molecule has 0 heterocycles. The molecule has 0 fully saturated rings. The summed E-state index contributed by atoms with van der Waals surface area (Å²) in [4.78, 5) is 21.9. The van der Waals surface area contributed by atoms with Crippen LogP contribution in [0, 0.1) is 10.1 Å². The maximum Gasteiger partial charge on any atom is 0.312 e. The SMILES string of the molecule is O=C(N/N=C\c1cc(Br)cc([N+](=O)[O-])c1O)[C@H](O)c1ccccc1. The molecule has 9 heteroatoms. The Balaban J connectivity index is 2.12. The number of phenols is 1. The molecule has 3 N–H and O–H groups in total. The van der Waals surface area contributed by atoms with Gasteiger partial charge in [-0.25, -0.2) is 5.43 Å². The zero-order valence-electron chi connectivity index (χ0n) is 12.1. The van der Waals surface area contributed by atoms with Crippen molar-refractivity contribution in [3.63, 3.8) is 0 Å². The first-order valence-corrected chi connectivity index (χ1v) is 7.42. The molecule has 0 spiro atoms. The van der Waals surface area contributed by atoms with Crippen LogP contribution >= 0.6 is 15.9 Å². The summed E-state index contributed by atoms with van der Waals surface area (Å²) < 4.78 is 0.365. The van der Waals surface area contributed by atoms with Crippen molar-refractivity contribution in [2.45, 2.75) is 6.10 Å². The molecule has 0 aromatic heterocycles. The number of aliphatic hydroxyl groups is 1. The molecular formula is C15H12BrN3O5. The van der Waals surface area contributed by atoms with E-state index in [1.165, 1.54) is 6.07 Å². The van der Waals surface area contributed by atoms with Crippen LogP contribution in [0.2, 0.25) is 0 Å². The molecule has 8 nitrogen and oxygen atoms in total. The third-order valence-electron chi connectivity index (χ3n) is 3.02. The van der Waals surface area contributed by atoms with Crippen LogP contribution in [0.3, 0.4) is 0 Å². The molecule has 1 amide bonds. The number of aliphatic hydroxyl groups excluding tert-OH is 1. The second-order valence-corrected chi connectivity index (χ2v) is 5.58. The second-order valence-electron chi connectivity index (χ2n) is 4.67. The number of hydrogen-bond donors (Lipinski definition) is 3. The molecule has 0 aliphatic carbocycles. The summed E-state index contributed by atoms with van der Waals surface area (Å²) >= 11 is 3.09. The Morgan fingerprint density at radius 1 is 1.33 bits per heavy atom. The molecule has 1 atom stereocenters. The minimum absolute atomic E-state index is 0.0329. The summed E-state index contributed by atoms with van der Waals surface area (Å²) in [7, 11) is 0. The van der Waals surface area contributed by atoms with Crippen LogP contribution in [0.4, 0.5) is 5.69 Å². The third-order valence-corrected chi connectivity index (χ3v) is 3.48. The van der Waals surface area contributed by atoms with Gasteiger partial charge in [-0.2, -0.15) is 5.10 Å². The first kappa shape index (κ1) is 17.6. The number of amides is 1. The van der Waals surface area contributed by atoms with Gasteiger partial charge in [0.25, 0.3) is 5.91 Å². The number of nitro benzene ring substituents is 1. The van der Waals surface area contributed by atoms with Crippen molar-refractivity contribution in [2.24, 2.45) is 5.10 Å². The molecule has 0 aliphatic rings. The summed E-state index contributed by atoms with van der Waals surface area (Å²) in [5, 5.41) is 34.1. The number of benzene rings is 2. The van der Waals surface area contributed by atoms with Crippen molar-refractivity contribution in [2.75, 3.05) is 0 Å². The maximum absolute atomic E-state index is 11.8. The highest BCUT2D eigenvalue weighted by molar-refractivity contribution is 9.10. The summed E-state index contributed by atoms with van der Waals surface area (Å²) in [6.45, 7) is 0. The molecule has 0 saturated carbocycles. The number of nitro groups is 1. The van der Waals surface area contributed by atoms with E-state index in [9.17, 15) is 25.1 Å². The van der Waals surface area contributed by atoms with Gasteiger partial charge in [-0.05, 0) is 11.6 Å². The Morgan fingerprint density at radius 2 is 2.00 bits per heavy atom. The topological polar surface area (TPSA) is 125 Å². The van der Waals surface area contributed by atoms with Gasteiger partial charge in [-0.1, -0.05) is 46.3 Å². The van der Waals surface area contributed by atoms with Gasteiger partial charge in [0.05, 0.1) is 11.1 Å². The lowest BCUT2D eigenvalue weighted by atomic mass is 10.1. The summed E-state index contributed by atoms with van der Waals surface area (Å²) in [5.41, 5.74) is 2.04. The van der Waals surface area contributed by atoms with E-state index < -0.39 is 28.4 Å². The monoisotopic (exact) mass is 393 g/mol. The summed E-state index contributed by atoms with van der Waals surface area (Å²) in [6, 6.07) is 10.8. The first-order valence-electron chi connectivity index (χ1n) is 6.63. The molecule has 0 bridgehead atoms. The lowest BCUT2D eigenvalue weighted by molar-refractivity contribution is -0.385. The predicted molar refractivity (Wildman–Crippen MR) is 89.6 cm³/mol. The van der Waals surface area contributed by atoms with Crippen molar-refractivity contribution in [1.82, 2.24) is 5.43 Å². The fraction of sp³-hybridized carbons (Fsp3) is 0.0667. The number of phenolic OH excluding ortho intramolecular Hbond substituents is 1. The number of aromatic hydroxyl groups is 1. The summed E-state index contributed by atoms with van der Waals surface area (Å²) in [5.74, 6) is -1.36. The number of rotatable bonds is 5. The van der Waals surface area contributed by atoms with Crippen LogP contribution in [0.5, 0.6) is 5.75 Å². The van der Waals surface area contributed by atoms with E-state index in [-0.39, 0.29) is 5.56 Å². The average molecular weight is 394 g/mol. The van der Waals surface area contributed by atoms with E-state index in [1.807, 2.05) is 0 Å². The minimum atomic E-state index is -1.41. The standard InChI is InChI=1S/C15H12BrN3O5/c16-11-6-10(13(20)12(7-11)19(23)24)8-17-18-15(22)14(21)9-4-2-1-3-5-9/h1-8,14,20-21H,(H,18,22)/b17-8-/t14-/m1/s1. The van der Waals surface area contributed by atoms with Crippen LogP contribution in [0.15, 0.2) is 52.0 Å². The van der Waals surface area contributed by atoms with Gasteiger partial charge in [-0.3, -0.25) is 14.9 Å². The molecule has 0 saturated heterocycles. The van der Waals surface area contributed by atoms with E-state index in [2.05, 4.69) is 26.5 Å². The molecular weight excluding hydrogens is 382 g/mol. The van der Waals surface area contributed by atoms with Gasteiger partial charge in [0, 0.05) is 16.1 Å². The molecule has 0 radical (unpaired) electrons. The molecule has 0 unspecified atom stereocenters. The molecule has 124 valence electrons. The quantitative estimate of drug-likeness (QED) is 0.408. The van der Waals surface area contributed by atoms with Crippen LogP contribution in [-0.4, -0.2) is 27.3 Å². The van der Waals surface area contributed by atoms with Crippen molar-refractivity contribution in [3.05, 3.63) is 68.2 Å². The zero-order valence-corrected chi connectivity index (χ0v) is 13.7. The van der Waals surface area contributed by atoms with Crippen LogP contribution in [-0.2, 0) is 4.79 Å². The highest BCUT2D eigenvalue weighted by atomic mass is 79.9.